The van der Waals surface area contributed by atoms with Gasteiger partial charge in [0.05, 0.1) is 12.9 Å². The van der Waals surface area contributed by atoms with Crippen molar-refractivity contribution in [1.29, 1.82) is 0 Å². The van der Waals surface area contributed by atoms with E-state index in [1.807, 2.05) is 36.4 Å². The molecule has 0 spiro atoms. The smallest absolute Gasteiger partial charge is 0.346 e. The average Bonchev–Trinajstić information content (AvgIpc) is 3.24. The van der Waals surface area contributed by atoms with E-state index in [1.54, 1.807) is 6.26 Å². The number of carbonyl (C=O) groups is 1. The van der Waals surface area contributed by atoms with Gasteiger partial charge in [0.1, 0.15) is 16.7 Å². The van der Waals surface area contributed by atoms with Gasteiger partial charge in [-0.2, -0.15) is 0 Å². The summed E-state index contributed by atoms with van der Waals surface area (Å²) in [5.41, 5.74) is 0.892. The molecule has 3 aromatic rings. The van der Waals surface area contributed by atoms with E-state index in [-0.39, 0.29) is 6.10 Å². The lowest BCUT2D eigenvalue weighted by Crippen LogP contribution is -2.37. The first-order chi connectivity index (χ1) is 11.7. The number of ether oxygens (including phenoxy) is 1. The maximum Gasteiger partial charge on any atom is 0.346 e. The molecule has 1 fully saturated rings. The number of carboxylic acid groups (broad SMARTS) is 1. The fraction of sp³-hybridized carbons (Fsp3) is 0.278. The van der Waals surface area contributed by atoms with Gasteiger partial charge >= 0.3 is 5.97 Å². The summed E-state index contributed by atoms with van der Waals surface area (Å²) < 4.78 is 12.2. The lowest BCUT2D eigenvalue weighted by atomic mass is 10.1. The van der Waals surface area contributed by atoms with Crippen LogP contribution in [-0.4, -0.2) is 35.7 Å². The van der Waals surface area contributed by atoms with Crippen molar-refractivity contribution in [3.05, 3.63) is 58.9 Å². The number of hydrogen-bond acceptors (Lipinski definition) is 5. The fourth-order valence-electron chi connectivity index (χ4n) is 3.14. The number of furan rings is 1. The molecule has 0 aliphatic carbocycles. The number of thiophene rings is 1. The van der Waals surface area contributed by atoms with Crippen molar-refractivity contribution in [3.8, 4) is 0 Å². The Hall–Kier alpha value is -2.15. The summed E-state index contributed by atoms with van der Waals surface area (Å²) in [6.45, 7) is 2.68. The lowest BCUT2D eigenvalue weighted by molar-refractivity contribution is -0.0426. The SMILES string of the molecule is O=C(O)c1sc2ccccc2c1CN1CCOC(c2ccco2)C1. The van der Waals surface area contributed by atoms with Crippen molar-refractivity contribution < 1.29 is 19.1 Å². The van der Waals surface area contributed by atoms with Crippen LogP contribution in [0.2, 0.25) is 0 Å². The molecule has 0 radical (unpaired) electrons. The molecule has 6 heteroatoms. The molecule has 1 unspecified atom stereocenters. The highest BCUT2D eigenvalue weighted by Gasteiger charge is 2.26. The Kier molecular flexibility index (Phi) is 4.10. The number of benzene rings is 1. The zero-order chi connectivity index (χ0) is 16.5. The number of fused-ring (bicyclic) bond motifs is 1. The van der Waals surface area contributed by atoms with Gasteiger partial charge in [-0.15, -0.1) is 11.3 Å². The maximum absolute atomic E-state index is 11.6. The summed E-state index contributed by atoms with van der Waals surface area (Å²) in [6.07, 6.45) is 1.54. The van der Waals surface area contributed by atoms with Crippen molar-refractivity contribution >= 4 is 27.4 Å². The summed E-state index contributed by atoms with van der Waals surface area (Å²) in [6, 6.07) is 11.6. The third-order valence-electron chi connectivity index (χ3n) is 4.29. The molecule has 24 heavy (non-hydrogen) atoms. The predicted octanol–water partition coefficient (Wildman–Crippen LogP) is 3.77. The molecule has 4 rings (SSSR count). The predicted molar refractivity (Wildman–Crippen MR) is 91.5 cm³/mol. The largest absolute Gasteiger partial charge is 0.477 e. The van der Waals surface area contributed by atoms with Gasteiger partial charge in [-0.05, 0) is 29.1 Å². The molecule has 1 atom stereocenters. The summed E-state index contributed by atoms with van der Waals surface area (Å²) in [5.74, 6) is -0.0459. The number of nitrogens with zero attached hydrogens (tertiary/aromatic N) is 1. The fourth-order valence-corrected chi connectivity index (χ4v) is 4.20. The third kappa shape index (κ3) is 2.84. The van der Waals surface area contributed by atoms with Gasteiger partial charge in [0.15, 0.2) is 0 Å². The van der Waals surface area contributed by atoms with E-state index in [1.165, 1.54) is 11.3 Å². The number of aromatic carboxylic acids is 1. The van der Waals surface area contributed by atoms with E-state index in [0.717, 1.165) is 28.0 Å². The Morgan fingerprint density at radius 1 is 1.29 bits per heavy atom. The minimum Gasteiger partial charge on any atom is -0.477 e. The van der Waals surface area contributed by atoms with E-state index < -0.39 is 5.97 Å². The van der Waals surface area contributed by atoms with Gasteiger partial charge in [0.25, 0.3) is 0 Å². The van der Waals surface area contributed by atoms with Crippen molar-refractivity contribution in [2.24, 2.45) is 0 Å². The average molecular weight is 343 g/mol. The number of carboxylic acids is 1. The monoisotopic (exact) mass is 343 g/mol. The zero-order valence-corrected chi connectivity index (χ0v) is 13.8. The van der Waals surface area contributed by atoms with Crippen LogP contribution < -0.4 is 0 Å². The quantitative estimate of drug-likeness (QED) is 0.781. The van der Waals surface area contributed by atoms with Gasteiger partial charge in [-0.3, -0.25) is 4.90 Å². The summed E-state index contributed by atoms with van der Waals surface area (Å²) in [7, 11) is 0. The Morgan fingerprint density at radius 2 is 2.17 bits per heavy atom. The van der Waals surface area contributed by atoms with Crippen LogP contribution in [0.15, 0.2) is 47.1 Å². The first-order valence-corrected chi connectivity index (χ1v) is 8.65. The summed E-state index contributed by atoms with van der Waals surface area (Å²) in [4.78, 5) is 14.3. The molecule has 2 aromatic heterocycles. The Bertz CT molecular complexity index is 855. The van der Waals surface area contributed by atoms with E-state index in [4.69, 9.17) is 9.15 Å². The molecule has 3 heterocycles. The van der Waals surface area contributed by atoms with Gasteiger partial charge in [0, 0.05) is 24.3 Å². The second kappa shape index (κ2) is 6.39. The number of rotatable bonds is 4. The van der Waals surface area contributed by atoms with Gasteiger partial charge < -0.3 is 14.3 Å². The molecule has 0 amide bonds. The minimum atomic E-state index is -0.859. The van der Waals surface area contributed by atoms with Crippen LogP contribution in [0.4, 0.5) is 0 Å². The van der Waals surface area contributed by atoms with Crippen LogP contribution in [0.3, 0.4) is 0 Å². The van der Waals surface area contributed by atoms with Crippen LogP contribution >= 0.6 is 11.3 Å². The normalized spacial score (nSPS) is 18.9. The van der Waals surface area contributed by atoms with E-state index >= 15 is 0 Å². The third-order valence-corrected chi connectivity index (χ3v) is 5.49. The van der Waals surface area contributed by atoms with Crippen molar-refractivity contribution in [1.82, 2.24) is 4.90 Å². The van der Waals surface area contributed by atoms with Crippen LogP contribution in [0.25, 0.3) is 10.1 Å². The maximum atomic E-state index is 11.6. The highest BCUT2D eigenvalue weighted by atomic mass is 32.1. The molecular weight excluding hydrogens is 326 g/mol. The molecule has 0 bridgehead atoms. The van der Waals surface area contributed by atoms with Crippen LogP contribution in [0.5, 0.6) is 0 Å². The van der Waals surface area contributed by atoms with Crippen molar-refractivity contribution in [3.63, 3.8) is 0 Å². The van der Waals surface area contributed by atoms with Crippen LogP contribution in [-0.2, 0) is 11.3 Å². The molecule has 1 aliphatic rings. The highest BCUT2D eigenvalue weighted by molar-refractivity contribution is 7.21. The first kappa shape index (κ1) is 15.4. The molecular formula is C18H17NO4S. The molecule has 124 valence electrons. The van der Waals surface area contributed by atoms with Gasteiger partial charge in [-0.25, -0.2) is 4.79 Å². The molecule has 1 aromatic carbocycles. The Balaban J connectivity index is 1.61. The Labute approximate surface area is 143 Å². The van der Waals surface area contributed by atoms with Crippen LogP contribution in [0.1, 0.15) is 27.1 Å². The molecule has 1 N–H and O–H groups in total. The van der Waals surface area contributed by atoms with Gasteiger partial charge in [0.2, 0.25) is 0 Å². The van der Waals surface area contributed by atoms with E-state index in [9.17, 15) is 9.90 Å². The number of hydrogen-bond donors (Lipinski definition) is 1. The van der Waals surface area contributed by atoms with Crippen molar-refractivity contribution in [2.45, 2.75) is 12.6 Å². The number of morpholine rings is 1. The van der Waals surface area contributed by atoms with Crippen LogP contribution in [0, 0.1) is 0 Å². The zero-order valence-electron chi connectivity index (χ0n) is 13.0. The Morgan fingerprint density at radius 3 is 2.96 bits per heavy atom. The van der Waals surface area contributed by atoms with Gasteiger partial charge in [-0.1, -0.05) is 18.2 Å². The molecule has 5 nitrogen and oxygen atoms in total. The van der Waals surface area contributed by atoms with E-state index in [0.29, 0.717) is 24.6 Å². The standard InChI is InChI=1S/C18H17NO4S/c20-18(21)17-13(12-4-1-2-6-16(12)24-17)10-19-7-9-23-15(11-19)14-5-3-8-22-14/h1-6,8,15H,7,9-11H2,(H,20,21). The second-order valence-corrected chi connectivity index (χ2v) is 6.87. The minimum absolute atomic E-state index is 0.105. The first-order valence-electron chi connectivity index (χ1n) is 7.83. The van der Waals surface area contributed by atoms with E-state index in [2.05, 4.69) is 4.90 Å². The summed E-state index contributed by atoms with van der Waals surface area (Å²) in [5, 5.41) is 10.6. The molecule has 0 saturated carbocycles. The lowest BCUT2D eigenvalue weighted by Gasteiger charge is -2.32. The topological polar surface area (TPSA) is 62.9 Å². The second-order valence-electron chi connectivity index (χ2n) is 5.82. The molecule has 1 aliphatic heterocycles. The summed E-state index contributed by atoms with van der Waals surface area (Å²) >= 11 is 1.34. The molecule has 1 saturated heterocycles. The van der Waals surface area contributed by atoms with Crippen molar-refractivity contribution in [2.75, 3.05) is 19.7 Å². The highest BCUT2D eigenvalue weighted by Crippen LogP contribution is 2.33.